The lowest BCUT2D eigenvalue weighted by atomic mass is 9.97. The van der Waals surface area contributed by atoms with Gasteiger partial charge in [0.1, 0.15) is 17.1 Å². The number of carbonyl (C=O) groups excluding carboxylic acids is 1. The van der Waals surface area contributed by atoms with E-state index >= 15 is 0 Å². The smallest absolute Gasteiger partial charge is 0.275 e. The Labute approximate surface area is 268 Å². The molecule has 0 unspecified atom stereocenters. The minimum absolute atomic E-state index is 0.0835. The maximum absolute atomic E-state index is 14.7. The summed E-state index contributed by atoms with van der Waals surface area (Å²) in [5.74, 6) is 0.700. The number of amides is 1. The van der Waals surface area contributed by atoms with Crippen molar-refractivity contribution in [1.82, 2.24) is 10.3 Å². The molecular weight excluding hydrogens is 621 g/mol. The van der Waals surface area contributed by atoms with Crippen molar-refractivity contribution in [2.75, 3.05) is 40.3 Å². The SMILES string of the molecule is C=CCc1cc(-c2ccc(OCCC[N+](C)(C)CC(=O)NCCCC)c(CC=C)c2)c2oc(-c3cc(Br)ccc3F)nc2c1. The topological polar surface area (TPSA) is 64.4 Å². The average molecular weight is 664 g/mol. The summed E-state index contributed by atoms with van der Waals surface area (Å²) >= 11 is 3.42. The van der Waals surface area contributed by atoms with Gasteiger partial charge in [0.2, 0.25) is 5.89 Å². The van der Waals surface area contributed by atoms with E-state index in [-0.39, 0.29) is 11.8 Å². The van der Waals surface area contributed by atoms with Crippen LogP contribution in [0, 0.1) is 5.82 Å². The molecule has 6 nitrogen and oxygen atoms in total. The molecule has 0 spiro atoms. The fourth-order valence-corrected chi connectivity index (χ4v) is 5.53. The van der Waals surface area contributed by atoms with Gasteiger partial charge in [-0.1, -0.05) is 47.5 Å². The number of unbranched alkanes of at least 4 members (excludes halogenated alkanes) is 1. The molecule has 3 aromatic carbocycles. The highest BCUT2D eigenvalue weighted by atomic mass is 79.9. The van der Waals surface area contributed by atoms with E-state index in [1.165, 1.54) is 6.07 Å². The van der Waals surface area contributed by atoms with Crippen molar-refractivity contribution in [3.63, 3.8) is 0 Å². The van der Waals surface area contributed by atoms with E-state index in [1.54, 1.807) is 12.1 Å². The van der Waals surface area contributed by atoms with E-state index < -0.39 is 5.82 Å². The number of rotatable bonds is 16. The summed E-state index contributed by atoms with van der Waals surface area (Å²) in [4.78, 5) is 17.0. The van der Waals surface area contributed by atoms with Gasteiger partial charge in [-0.15, -0.1) is 13.2 Å². The maximum Gasteiger partial charge on any atom is 0.275 e. The van der Waals surface area contributed by atoms with Crippen molar-refractivity contribution in [3.05, 3.63) is 95.3 Å². The Balaban J connectivity index is 1.55. The van der Waals surface area contributed by atoms with Gasteiger partial charge in [-0.25, -0.2) is 9.37 Å². The fraction of sp³-hybridized carbons (Fsp3) is 0.333. The first-order valence-electron chi connectivity index (χ1n) is 15.1. The Morgan fingerprint density at radius 1 is 1.07 bits per heavy atom. The van der Waals surface area contributed by atoms with Crippen LogP contribution in [0.15, 0.2) is 82.7 Å². The number of carbonyl (C=O) groups is 1. The second kappa shape index (κ2) is 15.3. The number of aromatic nitrogens is 1. The van der Waals surface area contributed by atoms with Gasteiger partial charge in [0, 0.05) is 23.0 Å². The lowest BCUT2D eigenvalue weighted by Gasteiger charge is -2.29. The van der Waals surface area contributed by atoms with Gasteiger partial charge in [0.05, 0.1) is 32.8 Å². The Hall–Kier alpha value is -3.75. The highest BCUT2D eigenvalue weighted by Gasteiger charge is 2.21. The van der Waals surface area contributed by atoms with Crippen LogP contribution in [0.2, 0.25) is 0 Å². The predicted octanol–water partition coefficient (Wildman–Crippen LogP) is 8.28. The van der Waals surface area contributed by atoms with Crippen molar-refractivity contribution in [2.45, 2.75) is 39.0 Å². The summed E-state index contributed by atoms with van der Waals surface area (Å²) < 4.78 is 28.5. The Morgan fingerprint density at radius 3 is 2.61 bits per heavy atom. The van der Waals surface area contributed by atoms with E-state index in [0.717, 1.165) is 64.8 Å². The van der Waals surface area contributed by atoms with Crippen LogP contribution in [0.3, 0.4) is 0 Å². The number of nitrogens with zero attached hydrogens (tertiary/aromatic N) is 2. The number of likely N-dealkylation sites (N-methyl/N-ethyl adjacent to an activating group) is 1. The zero-order chi connectivity index (χ0) is 31.7. The van der Waals surface area contributed by atoms with Gasteiger partial charge < -0.3 is 19.0 Å². The molecule has 0 bridgehead atoms. The predicted molar refractivity (Wildman–Crippen MR) is 180 cm³/mol. The monoisotopic (exact) mass is 662 g/mol. The number of hydrogen-bond acceptors (Lipinski definition) is 4. The maximum atomic E-state index is 14.7. The Bertz CT molecular complexity index is 1630. The van der Waals surface area contributed by atoms with Crippen LogP contribution in [0.5, 0.6) is 5.75 Å². The average Bonchev–Trinajstić information content (AvgIpc) is 3.41. The third kappa shape index (κ3) is 8.67. The van der Waals surface area contributed by atoms with Crippen LogP contribution in [-0.4, -0.2) is 55.7 Å². The minimum atomic E-state index is -0.403. The molecule has 8 heteroatoms. The normalized spacial score (nSPS) is 11.5. The van der Waals surface area contributed by atoms with E-state index in [1.807, 2.05) is 30.4 Å². The molecule has 0 saturated heterocycles. The first-order chi connectivity index (χ1) is 21.1. The summed E-state index contributed by atoms with van der Waals surface area (Å²) in [5, 5.41) is 3.00. The van der Waals surface area contributed by atoms with Gasteiger partial charge >= 0.3 is 0 Å². The highest BCUT2D eigenvalue weighted by molar-refractivity contribution is 9.10. The molecule has 0 saturated carbocycles. The lowest BCUT2D eigenvalue weighted by Crippen LogP contribution is -2.48. The van der Waals surface area contributed by atoms with Gasteiger partial charge in [-0.2, -0.15) is 0 Å². The fourth-order valence-electron chi connectivity index (χ4n) is 5.17. The van der Waals surface area contributed by atoms with E-state index in [4.69, 9.17) is 9.15 Å². The Kier molecular flexibility index (Phi) is 11.5. The number of hydrogen-bond donors (Lipinski definition) is 1. The van der Waals surface area contributed by atoms with Crippen molar-refractivity contribution in [3.8, 4) is 28.3 Å². The molecule has 1 N–H and O–H groups in total. The largest absolute Gasteiger partial charge is 0.493 e. The molecule has 4 rings (SSSR count). The molecule has 1 heterocycles. The van der Waals surface area contributed by atoms with Crippen LogP contribution in [0.1, 0.15) is 37.3 Å². The second-order valence-electron chi connectivity index (χ2n) is 11.7. The quantitative estimate of drug-likeness (QED) is 0.0745. The van der Waals surface area contributed by atoms with Crippen LogP contribution in [0.25, 0.3) is 33.7 Å². The zero-order valence-electron chi connectivity index (χ0n) is 25.9. The van der Waals surface area contributed by atoms with Crippen molar-refractivity contribution >= 4 is 32.9 Å². The molecule has 0 aliphatic rings. The van der Waals surface area contributed by atoms with Gasteiger partial charge in [0.25, 0.3) is 5.91 Å². The van der Waals surface area contributed by atoms with Crippen molar-refractivity contribution < 1.29 is 22.8 Å². The molecule has 0 aliphatic carbocycles. The minimum Gasteiger partial charge on any atom is -0.493 e. The molecule has 0 radical (unpaired) electrons. The number of oxazole rings is 1. The number of quaternary nitrogens is 1. The van der Waals surface area contributed by atoms with Gasteiger partial charge in [0.15, 0.2) is 12.1 Å². The number of fused-ring (bicyclic) bond motifs is 1. The molecule has 0 aliphatic heterocycles. The zero-order valence-corrected chi connectivity index (χ0v) is 27.5. The van der Waals surface area contributed by atoms with Crippen LogP contribution >= 0.6 is 15.9 Å². The molecule has 1 aromatic heterocycles. The summed E-state index contributed by atoms with van der Waals surface area (Å²) in [6.45, 7) is 12.5. The summed E-state index contributed by atoms with van der Waals surface area (Å²) in [5.41, 5.74) is 5.37. The molecule has 44 heavy (non-hydrogen) atoms. The van der Waals surface area contributed by atoms with Crippen molar-refractivity contribution in [1.29, 1.82) is 0 Å². The van der Waals surface area contributed by atoms with Crippen LogP contribution in [0.4, 0.5) is 4.39 Å². The lowest BCUT2D eigenvalue weighted by molar-refractivity contribution is -0.882. The van der Waals surface area contributed by atoms with Gasteiger partial charge in [-0.3, -0.25) is 4.79 Å². The van der Waals surface area contributed by atoms with Crippen molar-refractivity contribution in [2.24, 2.45) is 0 Å². The molecular formula is C36H42BrFN3O3+. The number of benzene rings is 3. The van der Waals surface area contributed by atoms with Crippen LogP contribution in [-0.2, 0) is 17.6 Å². The number of allylic oxidation sites excluding steroid dienone is 2. The van der Waals surface area contributed by atoms with Gasteiger partial charge in [-0.05, 0) is 78.4 Å². The second-order valence-corrected chi connectivity index (χ2v) is 12.6. The van der Waals surface area contributed by atoms with Crippen LogP contribution < -0.4 is 10.1 Å². The number of halogens is 2. The summed E-state index contributed by atoms with van der Waals surface area (Å²) in [7, 11) is 4.14. The third-order valence-electron chi connectivity index (χ3n) is 7.41. The van der Waals surface area contributed by atoms with E-state index in [2.05, 4.69) is 72.5 Å². The molecule has 4 aromatic rings. The molecule has 1 amide bonds. The number of nitrogens with one attached hydrogen (secondary N) is 1. The summed E-state index contributed by atoms with van der Waals surface area (Å²) in [6.07, 6.45) is 7.85. The molecule has 232 valence electrons. The molecule has 0 atom stereocenters. The Morgan fingerprint density at radius 2 is 1.86 bits per heavy atom. The van der Waals surface area contributed by atoms with E-state index in [0.29, 0.717) is 47.1 Å². The van der Waals surface area contributed by atoms with E-state index in [9.17, 15) is 9.18 Å². The summed E-state index contributed by atoms with van der Waals surface area (Å²) in [6, 6.07) is 14.8. The first kappa shape index (κ1) is 33.1. The number of ether oxygens (including phenoxy) is 1. The first-order valence-corrected chi connectivity index (χ1v) is 15.9. The highest BCUT2D eigenvalue weighted by Crippen LogP contribution is 2.37. The standard InChI is InChI=1S/C36H41BrFN3O3/c1-6-9-17-39-34(42)24-41(4,5)18-10-19-43-33-16-13-26(22-27(33)12-8-3)29-20-25(11-7-2)21-32-35(29)44-36(40-32)30-23-28(37)14-15-31(30)38/h7-8,13-16,20-23H,2-3,6,9-12,17-19,24H2,1,4-5H3/p+1. The third-order valence-corrected chi connectivity index (χ3v) is 7.91. The molecule has 0 fully saturated rings.